The molecule has 1 aliphatic heterocycles. The van der Waals surface area contributed by atoms with Gasteiger partial charge in [-0.2, -0.15) is 30.6 Å². The molecule has 1 saturated heterocycles. The van der Waals surface area contributed by atoms with Gasteiger partial charge in [0.2, 0.25) is 10.0 Å². The van der Waals surface area contributed by atoms with Crippen molar-refractivity contribution in [2.75, 3.05) is 26.2 Å². The summed E-state index contributed by atoms with van der Waals surface area (Å²) in [6, 6.07) is 0.528. The molecule has 0 amide bonds. The number of halogens is 6. The van der Waals surface area contributed by atoms with Crippen molar-refractivity contribution in [2.24, 2.45) is 0 Å². The fraction of sp³-hybridized carbons (Fsp3) is 0.545. The predicted molar refractivity (Wildman–Crippen MR) is 65.9 cm³/mol. The van der Waals surface area contributed by atoms with Crippen LogP contribution in [0.4, 0.5) is 26.3 Å². The van der Waals surface area contributed by atoms with Crippen LogP contribution in [0.1, 0.15) is 11.4 Å². The molecule has 2 rings (SSSR count). The Bertz CT molecular complexity index is 680. The van der Waals surface area contributed by atoms with Crippen molar-refractivity contribution in [3.63, 3.8) is 0 Å². The third-order valence-corrected chi connectivity index (χ3v) is 5.04. The van der Waals surface area contributed by atoms with E-state index in [0.717, 1.165) is 4.31 Å². The monoisotopic (exact) mass is 363 g/mol. The minimum absolute atomic E-state index is 0.0827. The Balaban J connectivity index is 2.57. The summed E-state index contributed by atoms with van der Waals surface area (Å²) < 4.78 is 102. The molecule has 1 N–H and O–H groups in total. The van der Waals surface area contributed by atoms with Crippen molar-refractivity contribution in [3.05, 3.63) is 23.5 Å². The molecule has 1 aliphatic rings. The second-order valence-electron chi connectivity index (χ2n) is 4.69. The van der Waals surface area contributed by atoms with Gasteiger partial charge in [-0.3, -0.25) is 0 Å². The van der Waals surface area contributed by atoms with Crippen LogP contribution in [0.15, 0.2) is 17.0 Å². The zero-order valence-electron chi connectivity index (χ0n) is 11.4. The second-order valence-corrected chi connectivity index (χ2v) is 6.60. The predicted octanol–water partition coefficient (Wildman–Crippen LogP) is 1.71. The van der Waals surface area contributed by atoms with Gasteiger partial charge >= 0.3 is 12.4 Å². The van der Waals surface area contributed by atoms with Gasteiger partial charge in [-0.1, -0.05) is 0 Å². The summed E-state index contributed by atoms with van der Waals surface area (Å²) in [5.74, 6) is 0. The van der Waals surface area contributed by atoms with Crippen molar-refractivity contribution in [3.8, 4) is 0 Å². The largest absolute Gasteiger partial charge is 0.434 e. The molecule has 12 heteroatoms. The van der Waals surface area contributed by atoms with Crippen LogP contribution in [-0.4, -0.2) is 43.9 Å². The normalized spacial score (nSPS) is 18.2. The lowest BCUT2D eigenvalue weighted by atomic mass is 10.3. The average molecular weight is 363 g/mol. The molecule has 1 aromatic rings. The number of aromatic nitrogens is 1. The number of nitrogens with zero attached hydrogens (tertiary/aromatic N) is 2. The third-order valence-electron chi connectivity index (χ3n) is 3.11. The summed E-state index contributed by atoms with van der Waals surface area (Å²) in [7, 11) is -4.59. The Labute approximate surface area is 127 Å². The quantitative estimate of drug-likeness (QED) is 0.813. The van der Waals surface area contributed by atoms with E-state index in [1.54, 1.807) is 0 Å². The van der Waals surface area contributed by atoms with Gasteiger partial charge in [-0.15, -0.1) is 0 Å². The molecule has 0 spiro atoms. The van der Waals surface area contributed by atoms with Crippen LogP contribution in [0.25, 0.3) is 0 Å². The minimum Gasteiger partial charge on any atom is -0.314 e. The number of hydrogen-bond acceptors (Lipinski definition) is 4. The summed E-state index contributed by atoms with van der Waals surface area (Å²) >= 11 is 0. The Kier molecular flexibility index (Phi) is 4.61. The van der Waals surface area contributed by atoms with Gasteiger partial charge in [0.25, 0.3) is 0 Å². The van der Waals surface area contributed by atoms with Gasteiger partial charge in [0.15, 0.2) is 5.69 Å². The van der Waals surface area contributed by atoms with Crippen molar-refractivity contribution in [1.29, 1.82) is 0 Å². The molecule has 23 heavy (non-hydrogen) atoms. The van der Waals surface area contributed by atoms with E-state index in [9.17, 15) is 34.8 Å². The van der Waals surface area contributed by atoms with Gasteiger partial charge in [0.05, 0.1) is 0 Å². The number of rotatable bonds is 2. The highest BCUT2D eigenvalue weighted by atomic mass is 32.2. The van der Waals surface area contributed by atoms with Crippen LogP contribution in [0, 0.1) is 0 Å². The Morgan fingerprint density at radius 3 is 2.04 bits per heavy atom. The van der Waals surface area contributed by atoms with Crippen molar-refractivity contribution in [2.45, 2.75) is 17.2 Å². The maximum Gasteiger partial charge on any atom is 0.434 e. The van der Waals surface area contributed by atoms with Crippen molar-refractivity contribution < 1.29 is 34.8 Å². The summed E-state index contributed by atoms with van der Waals surface area (Å²) in [6.45, 7) is 0.296. The number of sulfonamides is 1. The van der Waals surface area contributed by atoms with Gasteiger partial charge in [0, 0.05) is 26.2 Å². The highest BCUT2D eigenvalue weighted by Gasteiger charge is 2.44. The Morgan fingerprint density at radius 2 is 1.57 bits per heavy atom. The van der Waals surface area contributed by atoms with Gasteiger partial charge in [-0.25, -0.2) is 13.4 Å². The smallest absolute Gasteiger partial charge is 0.314 e. The fourth-order valence-corrected chi connectivity index (χ4v) is 3.63. The van der Waals surface area contributed by atoms with E-state index in [0.29, 0.717) is 6.07 Å². The molecule has 1 fully saturated rings. The molecule has 0 bridgehead atoms. The first kappa shape index (κ1) is 17.9. The minimum atomic E-state index is -5.34. The van der Waals surface area contributed by atoms with Crippen molar-refractivity contribution >= 4 is 10.0 Å². The van der Waals surface area contributed by atoms with Crippen LogP contribution in [0.2, 0.25) is 0 Å². The van der Waals surface area contributed by atoms with E-state index in [1.807, 2.05) is 0 Å². The molecule has 0 unspecified atom stereocenters. The number of nitrogens with one attached hydrogen (secondary N) is 1. The molecule has 0 aromatic carbocycles. The van der Waals surface area contributed by atoms with Crippen LogP contribution in [-0.2, 0) is 22.4 Å². The van der Waals surface area contributed by atoms with E-state index >= 15 is 0 Å². The summed E-state index contributed by atoms with van der Waals surface area (Å²) in [5, 5.41) is 2.82. The number of piperazine rings is 1. The lowest BCUT2D eigenvalue weighted by Gasteiger charge is -2.27. The first-order chi connectivity index (χ1) is 10.4. The maximum absolute atomic E-state index is 13.0. The summed E-state index contributed by atoms with van der Waals surface area (Å²) in [5.41, 5.74) is -3.87. The number of pyridine rings is 1. The number of hydrogen-bond donors (Lipinski definition) is 1. The standard InChI is InChI=1S/C11H11F6N3O2S/c12-10(13,14)8-2-1-7(9(19-8)11(15,16)17)23(21,22)20-5-3-18-4-6-20/h1-2,18H,3-6H2. The summed E-state index contributed by atoms with van der Waals surface area (Å²) in [4.78, 5) is 1.23. The molecular weight excluding hydrogens is 352 g/mol. The molecule has 0 aliphatic carbocycles. The first-order valence-electron chi connectivity index (χ1n) is 6.30. The average Bonchev–Trinajstić information content (AvgIpc) is 2.45. The molecule has 0 atom stereocenters. The zero-order chi connectivity index (χ0) is 17.5. The third kappa shape index (κ3) is 3.75. The van der Waals surface area contributed by atoms with E-state index in [4.69, 9.17) is 0 Å². The van der Waals surface area contributed by atoms with Crippen LogP contribution < -0.4 is 5.32 Å². The van der Waals surface area contributed by atoms with E-state index in [2.05, 4.69) is 10.3 Å². The van der Waals surface area contributed by atoms with Crippen molar-refractivity contribution in [1.82, 2.24) is 14.6 Å². The molecule has 1 aromatic heterocycles. The fourth-order valence-electron chi connectivity index (χ4n) is 2.04. The zero-order valence-corrected chi connectivity index (χ0v) is 12.2. The first-order valence-corrected chi connectivity index (χ1v) is 7.74. The van der Waals surface area contributed by atoms with E-state index in [-0.39, 0.29) is 32.2 Å². The molecule has 5 nitrogen and oxygen atoms in total. The van der Waals surface area contributed by atoms with Crippen LogP contribution in [0.3, 0.4) is 0 Å². The molecule has 0 radical (unpaired) electrons. The van der Waals surface area contributed by atoms with Crippen LogP contribution in [0.5, 0.6) is 0 Å². The second kappa shape index (κ2) is 5.91. The highest BCUT2D eigenvalue weighted by Crippen LogP contribution is 2.37. The topological polar surface area (TPSA) is 62.3 Å². The van der Waals surface area contributed by atoms with Gasteiger partial charge < -0.3 is 5.32 Å². The highest BCUT2D eigenvalue weighted by molar-refractivity contribution is 7.89. The van der Waals surface area contributed by atoms with E-state index < -0.39 is 38.7 Å². The lowest BCUT2D eigenvalue weighted by molar-refractivity contribution is -0.151. The van der Waals surface area contributed by atoms with Gasteiger partial charge in [-0.05, 0) is 12.1 Å². The van der Waals surface area contributed by atoms with Gasteiger partial charge in [0.1, 0.15) is 10.6 Å². The Hall–Kier alpha value is -1.40. The number of alkyl halides is 6. The summed E-state index contributed by atoms with van der Waals surface area (Å²) in [6.07, 6.45) is -10.4. The molecule has 130 valence electrons. The molecule has 0 saturated carbocycles. The molecule has 2 heterocycles. The maximum atomic E-state index is 13.0. The molecular formula is C11H11F6N3O2S. The lowest BCUT2D eigenvalue weighted by Crippen LogP contribution is -2.46. The van der Waals surface area contributed by atoms with Crippen LogP contribution >= 0.6 is 0 Å². The van der Waals surface area contributed by atoms with E-state index in [1.165, 1.54) is 0 Å². The Morgan fingerprint density at radius 1 is 1.00 bits per heavy atom. The SMILES string of the molecule is O=S(=O)(c1ccc(C(F)(F)F)nc1C(F)(F)F)N1CCNCC1.